The monoisotopic (exact) mass is 290 g/mol. The van der Waals surface area contributed by atoms with E-state index in [1.54, 1.807) is 0 Å². The highest BCUT2D eigenvalue weighted by Gasteiger charge is 2.22. The van der Waals surface area contributed by atoms with E-state index in [1.165, 1.54) is 11.1 Å². The number of aliphatic hydroxyl groups excluding tert-OH is 1. The molecule has 0 aromatic heterocycles. The lowest BCUT2D eigenvalue weighted by Gasteiger charge is -2.27. The van der Waals surface area contributed by atoms with E-state index in [2.05, 4.69) is 73.6 Å². The van der Waals surface area contributed by atoms with Crippen molar-refractivity contribution < 1.29 is 5.11 Å². The molecule has 0 spiro atoms. The molecule has 1 aromatic rings. The number of aliphatic hydroxyl groups is 1. The molecule has 1 nitrogen and oxygen atoms in total. The summed E-state index contributed by atoms with van der Waals surface area (Å²) in [6, 6.07) is 6.70. The van der Waals surface area contributed by atoms with E-state index in [9.17, 15) is 5.11 Å². The normalized spacial score (nSPS) is 15.9. The van der Waals surface area contributed by atoms with Gasteiger partial charge in [0.15, 0.2) is 0 Å². The second-order valence-electron chi connectivity index (χ2n) is 8.61. The fourth-order valence-electron chi connectivity index (χ4n) is 2.39. The van der Waals surface area contributed by atoms with Gasteiger partial charge in [-0.05, 0) is 39.9 Å². The van der Waals surface area contributed by atoms with Gasteiger partial charge in [-0.25, -0.2) is 0 Å². The van der Waals surface area contributed by atoms with E-state index < -0.39 is 0 Å². The molecule has 120 valence electrons. The first-order valence-electron chi connectivity index (χ1n) is 8.29. The molecule has 1 aromatic carbocycles. The average molecular weight is 290 g/mol. The first-order valence-corrected chi connectivity index (χ1v) is 8.29. The summed E-state index contributed by atoms with van der Waals surface area (Å²) in [4.78, 5) is 0. The quantitative estimate of drug-likeness (QED) is 0.748. The van der Waals surface area contributed by atoms with E-state index in [0.29, 0.717) is 5.92 Å². The summed E-state index contributed by atoms with van der Waals surface area (Å²) in [7, 11) is 0. The second kappa shape index (κ2) is 6.52. The standard InChI is InChI=1S/C20H34O/c1-9-14(2)10-18(21)15-11-16(19(3,4)5)13-17(12-15)20(6,7)8/h11-14,18,21H,9-10H2,1-8H3. The second-order valence-corrected chi connectivity index (χ2v) is 8.61. The van der Waals surface area contributed by atoms with Gasteiger partial charge in [-0.1, -0.05) is 80.0 Å². The third-order valence-corrected chi connectivity index (χ3v) is 4.39. The summed E-state index contributed by atoms with van der Waals surface area (Å²) in [5, 5.41) is 10.6. The molecule has 0 saturated carbocycles. The maximum atomic E-state index is 10.6. The lowest BCUT2D eigenvalue weighted by molar-refractivity contribution is 0.146. The van der Waals surface area contributed by atoms with Crippen LogP contribution in [0.5, 0.6) is 0 Å². The Hall–Kier alpha value is -0.820. The van der Waals surface area contributed by atoms with Gasteiger partial charge < -0.3 is 5.11 Å². The molecule has 1 N–H and O–H groups in total. The molecule has 0 aliphatic rings. The third-order valence-electron chi connectivity index (χ3n) is 4.39. The molecule has 1 heteroatoms. The molecular formula is C20H34O. The smallest absolute Gasteiger partial charge is 0.0792 e. The Morgan fingerprint density at radius 3 is 1.67 bits per heavy atom. The highest BCUT2D eigenvalue weighted by atomic mass is 16.3. The van der Waals surface area contributed by atoms with Gasteiger partial charge in [0.25, 0.3) is 0 Å². The summed E-state index contributed by atoms with van der Waals surface area (Å²) >= 11 is 0. The van der Waals surface area contributed by atoms with Gasteiger partial charge >= 0.3 is 0 Å². The molecule has 0 bridgehead atoms. The van der Waals surface area contributed by atoms with Crippen molar-refractivity contribution in [2.24, 2.45) is 5.92 Å². The minimum atomic E-state index is -0.358. The van der Waals surface area contributed by atoms with Crippen molar-refractivity contribution in [2.45, 2.75) is 85.2 Å². The molecule has 0 aliphatic carbocycles. The summed E-state index contributed by atoms with van der Waals surface area (Å²) < 4.78 is 0. The van der Waals surface area contributed by atoms with Crippen LogP contribution in [0.25, 0.3) is 0 Å². The fourth-order valence-corrected chi connectivity index (χ4v) is 2.39. The first kappa shape index (κ1) is 18.2. The molecule has 1 rings (SSSR count). The first-order chi connectivity index (χ1) is 9.45. The van der Waals surface area contributed by atoms with E-state index in [4.69, 9.17) is 0 Å². The van der Waals surface area contributed by atoms with Crippen LogP contribution in [0.3, 0.4) is 0 Å². The molecule has 21 heavy (non-hydrogen) atoms. The largest absolute Gasteiger partial charge is 0.388 e. The van der Waals surface area contributed by atoms with Crippen LogP contribution < -0.4 is 0 Å². The van der Waals surface area contributed by atoms with E-state index in [-0.39, 0.29) is 16.9 Å². The van der Waals surface area contributed by atoms with Gasteiger partial charge in [-0.3, -0.25) is 0 Å². The molecule has 0 fully saturated rings. The van der Waals surface area contributed by atoms with Crippen molar-refractivity contribution in [3.8, 4) is 0 Å². The summed E-state index contributed by atoms with van der Waals surface area (Å²) in [6.45, 7) is 17.8. The summed E-state index contributed by atoms with van der Waals surface area (Å²) in [5.41, 5.74) is 3.91. The Bertz CT molecular complexity index is 427. The molecule has 0 aliphatic heterocycles. The number of hydrogen-bond donors (Lipinski definition) is 1. The maximum Gasteiger partial charge on any atom is 0.0792 e. The van der Waals surface area contributed by atoms with Gasteiger partial charge in [0.1, 0.15) is 0 Å². The topological polar surface area (TPSA) is 20.2 Å². The Morgan fingerprint density at radius 1 is 0.905 bits per heavy atom. The minimum absolute atomic E-state index is 0.103. The third kappa shape index (κ3) is 5.14. The Balaban J connectivity index is 3.25. The van der Waals surface area contributed by atoms with Crippen LogP contribution >= 0.6 is 0 Å². The lowest BCUT2D eigenvalue weighted by atomic mass is 9.78. The van der Waals surface area contributed by atoms with Crippen molar-refractivity contribution in [1.29, 1.82) is 0 Å². The highest BCUT2D eigenvalue weighted by molar-refractivity contribution is 5.38. The molecule has 0 saturated heterocycles. The van der Waals surface area contributed by atoms with Gasteiger partial charge in [-0.15, -0.1) is 0 Å². The zero-order valence-electron chi connectivity index (χ0n) is 15.2. The molecule has 2 atom stereocenters. The van der Waals surface area contributed by atoms with Crippen LogP contribution in [-0.4, -0.2) is 5.11 Å². The summed E-state index contributed by atoms with van der Waals surface area (Å²) in [5.74, 6) is 0.552. The van der Waals surface area contributed by atoms with E-state index in [0.717, 1.165) is 18.4 Å². The van der Waals surface area contributed by atoms with Crippen LogP contribution in [-0.2, 0) is 10.8 Å². The molecule has 0 radical (unpaired) electrons. The molecule has 0 amide bonds. The van der Waals surface area contributed by atoms with Crippen LogP contribution in [0.2, 0.25) is 0 Å². The lowest BCUT2D eigenvalue weighted by Crippen LogP contribution is -2.18. The highest BCUT2D eigenvalue weighted by Crippen LogP contribution is 2.33. The molecular weight excluding hydrogens is 256 g/mol. The SMILES string of the molecule is CCC(C)CC(O)c1cc(C(C)(C)C)cc(C(C)(C)C)c1. The zero-order chi connectivity index (χ0) is 16.4. The van der Waals surface area contributed by atoms with Crippen molar-refractivity contribution in [2.75, 3.05) is 0 Å². The Morgan fingerprint density at radius 2 is 1.33 bits per heavy atom. The van der Waals surface area contributed by atoms with Crippen molar-refractivity contribution >= 4 is 0 Å². The van der Waals surface area contributed by atoms with Crippen LogP contribution in [0.4, 0.5) is 0 Å². The average Bonchev–Trinajstić information content (AvgIpc) is 2.35. The van der Waals surface area contributed by atoms with E-state index in [1.807, 2.05) is 0 Å². The maximum absolute atomic E-state index is 10.6. The van der Waals surface area contributed by atoms with Gasteiger partial charge in [0.2, 0.25) is 0 Å². The predicted octanol–water partition coefficient (Wildman–Crippen LogP) is 5.75. The van der Waals surface area contributed by atoms with Crippen molar-refractivity contribution in [3.05, 3.63) is 34.9 Å². The van der Waals surface area contributed by atoms with Crippen LogP contribution in [0.1, 0.15) is 91.0 Å². The number of rotatable bonds is 4. The van der Waals surface area contributed by atoms with Gasteiger partial charge in [0, 0.05) is 0 Å². The predicted molar refractivity (Wildman–Crippen MR) is 92.9 cm³/mol. The number of benzene rings is 1. The van der Waals surface area contributed by atoms with Gasteiger partial charge in [-0.2, -0.15) is 0 Å². The van der Waals surface area contributed by atoms with Crippen molar-refractivity contribution in [3.63, 3.8) is 0 Å². The zero-order valence-corrected chi connectivity index (χ0v) is 15.2. The molecule has 0 heterocycles. The van der Waals surface area contributed by atoms with Crippen LogP contribution in [0, 0.1) is 5.92 Å². The number of hydrogen-bond acceptors (Lipinski definition) is 1. The summed E-state index contributed by atoms with van der Waals surface area (Å²) in [6.07, 6.45) is 1.60. The van der Waals surface area contributed by atoms with E-state index >= 15 is 0 Å². The minimum Gasteiger partial charge on any atom is -0.388 e. The van der Waals surface area contributed by atoms with Crippen molar-refractivity contribution in [1.82, 2.24) is 0 Å². The van der Waals surface area contributed by atoms with Crippen LogP contribution in [0.15, 0.2) is 18.2 Å². The Labute approximate surface area is 131 Å². The molecule has 2 unspecified atom stereocenters. The fraction of sp³-hybridized carbons (Fsp3) is 0.700. The van der Waals surface area contributed by atoms with Gasteiger partial charge in [0.05, 0.1) is 6.10 Å². The Kier molecular flexibility index (Phi) is 5.66.